The van der Waals surface area contributed by atoms with E-state index < -0.39 is 0 Å². The minimum absolute atomic E-state index is 0. The van der Waals surface area contributed by atoms with E-state index in [-0.39, 0.29) is 18.3 Å². The molecular formula is C16H24ClN3O. The van der Waals surface area contributed by atoms with Crippen LogP contribution in [0.2, 0.25) is 0 Å². The summed E-state index contributed by atoms with van der Waals surface area (Å²) < 4.78 is 0. The van der Waals surface area contributed by atoms with Gasteiger partial charge in [-0.3, -0.25) is 9.69 Å². The first-order chi connectivity index (χ1) is 9.74. The second kappa shape index (κ2) is 7.25. The van der Waals surface area contributed by atoms with Gasteiger partial charge in [-0.1, -0.05) is 6.07 Å². The number of fused-ring (bicyclic) bond motifs is 1. The fourth-order valence-electron chi connectivity index (χ4n) is 3.27. The van der Waals surface area contributed by atoms with Gasteiger partial charge in [-0.15, -0.1) is 12.4 Å². The maximum absolute atomic E-state index is 12.1. The van der Waals surface area contributed by atoms with Gasteiger partial charge < -0.3 is 10.6 Å². The third kappa shape index (κ3) is 3.96. The van der Waals surface area contributed by atoms with Crippen LogP contribution in [-0.2, 0) is 17.6 Å². The summed E-state index contributed by atoms with van der Waals surface area (Å²) in [5.74, 6) is 0.0969. The van der Waals surface area contributed by atoms with Gasteiger partial charge in [0.1, 0.15) is 0 Å². The lowest BCUT2D eigenvalue weighted by Gasteiger charge is -2.15. The predicted octanol–water partition coefficient (Wildman–Crippen LogP) is 1.83. The summed E-state index contributed by atoms with van der Waals surface area (Å²) in [5.41, 5.74) is 3.79. The lowest BCUT2D eigenvalue weighted by atomic mass is 10.1. The number of nitrogens with zero attached hydrogens (tertiary/aromatic N) is 1. The third-order valence-corrected chi connectivity index (χ3v) is 4.43. The zero-order valence-corrected chi connectivity index (χ0v) is 13.3. The van der Waals surface area contributed by atoms with Crippen molar-refractivity contribution in [2.75, 3.05) is 32.0 Å². The molecule has 1 unspecified atom stereocenters. The highest BCUT2D eigenvalue weighted by molar-refractivity contribution is 5.92. The molecular weight excluding hydrogens is 286 g/mol. The van der Waals surface area contributed by atoms with Gasteiger partial charge in [0.25, 0.3) is 0 Å². The fraction of sp³-hybridized carbons (Fsp3) is 0.562. The van der Waals surface area contributed by atoms with Gasteiger partial charge in [0, 0.05) is 24.8 Å². The SMILES string of the molecule is CNC1CCN(CC(=O)Nc2ccc3c(c2)CCC3)C1.Cl. The molecule has 1 aliphatic carbocycles. The van der Waals surface area contributed by atoms with Gasteiger partial charge in [-0.2, -0.15) is 0 Å². The number of rotatable bonds is 4. The number of carbonyl (C=O) groups is 1. The van der Waals surface area contributed by atoms with Crippen LogP contribution in [0.5, 0.6) is 0 Å². The number of amides is 1. The molecule has 0 saturated carbocycles. The number of likely N-dealkylation sites (tertiary alicyclic amines) is 1. The Labute approximate surface area is 132 Å². The molecule has 1 aromatic carbocycles. The molecule has 1 aromatic rings. The maximum Gasteiger partial charge on any atom is 0.238 e. The molecule has 1 amide bonds. The molecule has 5 heteroatoms. The first kappa shape index (κ1) is 16.3. The molecule has 1 atom stereocenters. The Morgan fingerprint density at radius 1 is 1.33 bits per heavy atom. The lowest BCUT2D eigenvalue weighted by molar-refractivity contribution is -0.117. The zero-order valence-electron chi connectivity index (χ0n) is 12.5. The molecule has 0 radical (unpaired) electrons. The van der Waals surface area contributed by atoms with E-state index in [0.29, 0.717) is 12.6 Å². The third-order valence-electron chi connectivity index (χ3n) is 4.43. The van der Waals surface area contributed by atoms with Crippen molar-refractivity contribution in [2.45, 2.75) is 31.7 Å². The van der Waals surface area contributed by atoms with Crippen molar-refractivity contribution in [3.8, 4) is 0 Å². The summed E-state index contributed by atoms with van der Waals surface area (Å²) in [5, 5.41) is 6.30. The number of hydrogen-bond donors (Lipinski definition) is 2. The van der Waals surface area contributed by atoms with E-state index in [1.807, 2.05) is 13.1 Å². The fourth-order valence-corrected chi connectivity index (χ4v) is 3.27. The smallest absolute Gasteiger partial charge is 0.238 e. The maximum atomic E-state index is 12.1. The van der Waals surface area contributed by atoms with E-state index in [4.69, 9.17) is 0 Å². The minimum Gasteiger partial charge on any atom is -0.325 e. The number of halogens is 1. The predicted molar refractivity (Wildman–Crippen MR) is 88.2 cm³/mol. The largest absolute Gasteiger partial charge is 0.325 e. The summed E-state index contributed by atoms with van der Waals surface area (Å²) in [4.78, 5) is 14.3. The molecule has 0 aromatic heterocycles. The lowest BCUT2D eigenvalue weighted by Crippen LogP contribution is -2.34. The highest BCUT2D eigenvalue weighted by Gasteiger charge is 2.22. The van der Waals surface area contributed by atoms with Gasteiger partial charge in [0.05, 0.1) is 6.54 Å². The number of benzene rings is 1. The standard InChI is InChI=1S/C16H23N3O.ClH/c1-17-15-7-8-19(10-15)11-16(20)18-14-6-5-12-3-2-4-13(12)9-14;/h5-6,9,15,17H,2-4,7-8,10-11H2,1H3,(H,18,20);1H. The average molecular weight is 310 g/mol. The summed E-state index contributed by atoms with van der Waals surface area (Å²) in [6.07, 6.45) is 4.70. The molecule has 4 nitrogen and oxygen atoms in total. The molecule has 21 heavy (non-hydrogen) atoms. The van der Waals surface area contributed by atoms with Crippen LogP contribution in [0.4, 0.5) is 5.69 Å². The molecule has 2 N–H and O–H groups in total. The first-order valence-corrected chi connectivity index (χ1v) is 7.56. The molecule has 0 spiro atoms. The normalized spacial score (nSPS) is 20.9. The number of likely N-dealkylation sites (N-methyl/N-ethyl adjacent to an activating group) is 1. The van der Waals surface area contributed by atoms with Crippen molar-refractivity contribution in [1.29, 1.82) is 0 Å². The van der Waals surface area contributed by atoms with E-state index in [2.05, 4.69) is 27.7 Å². The van der Waals surface area contributed by atoms with E-state index in [1.165, 1.54) is 24.0 Å². The van der Waals surface area contributed by atoms with E-state index >= 15 is 0 Å². The number of nitrogens with one attached hydrogen (secondary N) is 2. The van der Waals surface area contributed by atoms with Crippen molar-refractivity contribution in [1.82, 2.24) is 10.2 Å². The Bertz CT molecular complexity index is 506. The molecule has 1 fully saturated rings. The number of aryl methyl sites for hydroxylation is 2. The highest BCUT2D eigenvalue weighted by atomic mass is 35.5. The van der Waals surface area contributed by atoms with Crippen LogP contribution in [0.3, 0.4) is 0 Å². The first-order valence-electron chi connectivity index (χ1n) is 7.56. The van der Waals surface area contributed by atoms with Crippen molar-refractivity contribution in [2.24, 2.45) is 0 Å². The van der Waals surface area contributed by atoms with Gasteiger partial charge >= 0.3 is 0 Å². The van der Waals surface area contributed by atoms with Crippen molar-refractivity contribution in [3.05, 3.63) is 29.3 Å². The minimum atomic E-state index is 0. The number of carbonyl (C=O) groups excluding carboxylic acids is 1. The Kier molecular flexibility index (Phi) is 5.62. The van der Waals surface area contributed by atoms with Crippen LogP contribution in [0.25, 0.3) is 0 Å². The Balaban J connectivity index is 0.00000161. The topological polar surface area (TPSA) is 44.4 Å². The van der Waals surface area contributed by atoms with Gasteiger partial charge in [0.15, 0.2) is 0 Å². The Hall–Kier alpha value is -1.10. The second-order valence-corrected chi connectivity index (χ2v) is 5.89. The van der Waals surface area contributed by atoms with Crippen LogP contribution < -0.4 is 10.6 Å². The molecule has 0 bridgehead atoms. The van der Waals surface area contributed by atoms with Crippen LogP contribution in [-0.4, -0.2) is 43.5 Å². The van der Waals surface area contributed by atoms with Crippen molar-refractivity contribution in [3.63, 3.8) is 0 Å². The van der Waals surface area contributed by atoms with Crippen molar-refractivity contribution >= 4 is 24.0 Å². The monoisotopic (exact) mass is 309 g/mol. The van der Waals surface area contributed by atoms with Crippen LogP contribution in [0, 0.1) is 0 Å². The number of hydrogen-bond acceptors (Lipinski definition) is 3. The number of anilines is 1. The summed E-state index contributed by atoms with van der Waals surface area (Å²) >= 11 is 0. The van der Waals surface area contributed by atoms with E-state index in [1.54, 1.807) is 0 Å². The molecule has 1 saturated heterocycles. The summed E-state index contributed by atoms with van der Waals surface area (Å²) in [7, 11) is 1.98. The molecule has 2 aliphatic rings. The van der Waals surface area contributed by atoms with Crippen LogP contribution in [0.15, 0.2) is 18.2 Å². The van der Waals surface area contributed by atoms with Gasteiger partial charge in [-0.25, -0.2) is 0 Å². The summed E-state index contributed by atoms with van der Waals surface area (Å²) in [6, 6.07) is 6.86. The second-order valence-electron chi connectivity index (χ2n) is 5.89. The quantitative estimate of drug-likeness (QED) is 0.892. The molecule has 3 rings (SSSR count). The Morgan fingerprint density at radius 3 is 2.90 bits per heavy atom. The van der Waals surface area contributed by atoms with Crippen LogP contribution in [0.1, 0.15) is 24.0 Å². The molecule has 1 aliphatic heterocycles. The zero-order chi connectivity index (χ0) is 13.9. The Morgan fingerprint density at radius 2 is 2.14 bits per heavy atom. The van der Waals surface area contributed by atoms with Gasteiger partial charge in [-0.05, 0) is 56.0 Å². The summed E-state index contributed by atoms with van der Waals surface area (Å²) in [6.45, 7) is 2.46. The average Bonchev–Trinajstić information content (AvgIpc) is 3.06. The van der Waals surface area contributed by atoms with Gasteiger partial charge in [0.2, 0.25) is 5.91 Å². The highest BCUT2D eigenvalue weighted by Crippen LogP contribution is 2.24. The van der Waals surface area contributed by atoms with Crippen molar-refractivity contribution < 1.29 is 4.79 Å². The van der Waals surface area contributed by atoms with E-state index in [9.17, 15) is 4.79 Å². The van der Waals surface area contributed by atoms with E-state index in [0.717, 1.165) is 31.6 Å². The molecule has 1 heterocycles. The molecule has 116 valence electrons. The van der Waals surface area contributed by atoms with Crippen LogP contribution >= 0.6 is 12.4 Å².